The van der Waals surface area contributed by atoms with Crippen molar-refractivity contribution in [2.45, 2.75) is 19.6 Å². The van der Waals surface area contributed by atoms with Crippen molar-refractivity contribution < 1.29 is 0 Å². The normalized spacial score (nSPS) is 11.8. The van der Waals surface area contributed by atoms with E-state index in [1.165, 1.54) is 19.6 Å². The van der Waals surface area contributed by atoms with Crippen molar-refractivity contribution >= 4 is 57.6 Å². The summed E-state index contributed by atoms with van der Waals surface area (Å²) in [7, 11) is 0. The second-order valence-electron chi connectivity index (χ2n) is 9.48. The zero-order valence-electron chi connectivity index (χ0n) is 21.7. The molecule has 0 N–H and O–H groups in total. The number of anilines is 6. The van der Waals surface area contributed by atoms with Gasteiger partial charge in [-0.2, -0.15) is 0 Å². The molecule has 0 spiro atoms. The number of hydrogen-bond acceptors (Lipinski definition) is 4. The molecule has 0 saturated carbocycles. The summed E-state index contributed by atoms with van der Waals surface area (Å²) in [5.41, 5.74) is 6.90. The molecule has 1 aliphatic rings. The Kier molecular flexibility index (Phi) is 6.78. The van der Waals surface area contributed by atoms with Crippen LogP contribution in [-0.4, -0.2) is 0 Å². The van der Waals surface area contributed by atoms with Crippen LogP contribution >= 0.6 is 23.5 Å². The molecule has 0 aliphatic carbocycles. The summed E-state index contributed by atoms with van der Waals surface area (Å²) < 4.78 is 0. The number of nitrogens with zero attached hydrogens (tertiary/aromatic N) is 2. The average molecular weight is 551 g/mol. The molecule has 192 valence electrons. The Bertz CT molecular complexity index is 1530. The van der Waals surface area contributed by atoms with E-state index < -0.39 is 0 Å². The Hall–Kier alpha value is -4.38. The van der Waals surface area contributed by atoms with Crippen molar-refractivity contribution in [2.24, 2.45) is 0 Å². The minimum atomic E-state index is 1.15. The smallest absolute Gasteiger partial charge is 0.0473 e. The van der Waals surface area contributed by atoms with E-state index in [9.17, 15) is 0 Å². The van der Waals surface area contributed by atoms with Crippen LogP contribution in [0.3, 0.4) is 0 Å². The van der Waals surface area contributed by atoms with Crippen molar-refractivity contribution in [2.75, 3.05) is 9.80 Å². The van der Waals surface area contributed by atoms with Crippen molar-refractivity contribution in [3.8, 4) is 0 Å². The van der Waals surface area contributed by atoms with Gasteiger partial charge in [-0.3, -0.25) is 0 Å². The van der Waals surface area contributed by atoms with Crippen LogP contribution in [0.5, 0.6) is 0 Å². The molecule has 0 fully saturated rings. The first kappa shape index (κ1) is 24.6. The quantitative estimate of drug-likeness (QED) is 0.203. The molecule has 0 radical (unpaired) electrons. The number of benzene rings is 6. The largest absolute Gasteiger partial charge is 0.310 e. The summed E-state index contributed by atoms with van der Waals surface area (Å²) in [6, 6.07) is 56.0. The molecule has 1 heterocycles. The van der Waals surface area contributed by atoms with Gasteiger partial charge in [0, 0.05) is 53.7 Å². The highest BCUT2D eigenvalue weighted by Gasteiger charge is 2.22. The average Bonchev–Trinajstić information content (AvgIpc) is 3.02. The van der Waals surface area contributed by atoms with Crippen molar-refractivity contribution in [3.05, 3.63) is 158 Å². The molecular formula is C36H26N2S2. The molecule has 6 aromatic rings. The lowest BCUT2D eigenvalue weighted by Gasteiger charge is -2.28. The van der Waals surface area contributed by atoms with E-state index in [0.29, 0.717) is 0 Å². The minimum Gasteiger partial charge on any atom is -0.310 e. The predicted molar refractivity (Wildman–Crippen MR) is 170 cm³/mol. The lowest BCUT2D eigenvalue weighted by Crippen LogP contribution is -2.10. The topological polar surface area (TPSA) is 6.48 Å². The van der Waals surface area contributed by atoms with Crippen LogP contribution in [0, 0.1) is 0 Å². The van der Waals surface area contributed by atoms with Gasteiger partial charge in [0.2, 0.25) is 0 Å². The summed E-state index contributed by atoms with van der Waals surface area (Å²) >= 11 is 3.70. The first-order valence-corrected chi connectivity index (χ1v) is 14.9. The summed E-state index contributed by atoms with van der Waals surface area (Å²) in [6.45, 7) is 0. The maximum Gasteiger partial charge on any atom is 0.0473 e. The van der Waals surface area contributed by atoms with E-state index in [4.69, 9.17) is 0 Å². The number of para-hydroxylation sites is 4. The summed E-state index contributed by atoms with van der Waals surface area (Å²) in [4.78, 5) is 9.77. The van der Waals surface area contributed by atoms with Crippen LogP contribution in [0.4, 0.5) is 34.1 Å². The Morgan fingerprint density at radius 2 is 0.575 bits per heavy atom. The van der Waals surface area contributed by atoms with E-state index in [-0.39, 0.29) is 0 Å². The number of fused-ring (bicyclic) bond motifs is 2. The van der Waals surface area contributed by atoms with Crippen molar-refractivity contribution in [3.63, 3.8) is 0 Å². The molecule has 0 amide bonds. The summed E-state index contributed by atoms with van der Waals surface area (Å²) in [6.07, 6.45) is 0. The van der Waals surface area contributed by atoms with Crippen LogP contribution in [0.2, 0.25) is 0 Å². The van der Waals surface area contributed by atoms with E-state index in [0.717, 1.165) is 34.1 Å². The molecule has 40 heavy (non-hydrogen) atoms. The van der Waals surface area contributed by atoms with Gasteiger partial charge < -0.3 is 9.80 Å². The fourth-order valence-corrected chi connectivity index (χ4v) is 7.30. The van der Waals surface area contributed by atoms with Gasteiger partial charge in [0.05, 0.1) is 0 Å². The lowest BCUT2D eigenvalue weighted by molar-refractivity contribution is 1.13. The van der Waals surface area contributed by atoms with Gasteiger partial charge in [-0.05, 0) is 84.9 Å². The summed E-state index contributed by atoms with van der Waals surface area (Å²) in [5.74, 6) is 0. The van der Waals surface area contributed by atoms with Crippen molar-refractivity contribution in [1.82, 2.24) is 0 Å². The molecule has 0 bridgehead atoms. The van der Waals surface area contributed by atoms with E-state index in [1.54, 1.807) is 0 Å². The van der Waals surface area contributed by atoms with Gasteiger partial charge >= 0.3 is 0 Å². The maximum absolute atomic E-state index is 2.32. The van der Waals surface area contributed by atoms with Gasteiger partial charge in [0.1, 0.15) is 0 Å². The van der Waals surface area contributed by atoms with Crippen LogP contribution in [0.1, 0.15) is 0 Å². The molecule has 0 aromatic heterocycles. The highest BCUT2D eigenvalue weighted by Crippen LogP contribution is 2.52. The Labute approximate surface area is 243 Å². The molecule has 0 unspecified atom stereocenters. The third-order valence-corrected chi connectivity index (χ3v) is 9.39. The monoisotopic (exact) mass is 550 g/mol. The summed E-state index contributed by atoms with van der Waals surface area (Å²) in [5, 5.41) is 0. The molecule has 0 atom stereocenters. The third kappa shape index (κ3) is 4.88. The van der Waals surface area contributed by atoms with Crippen molar-refractivity contribution in [1.29, 1.82) is 0 Å². The molecule has 4 heteroatoms. The molecule has 0 saturated heterocycles. The second kappa shape index (κ2) is 11.0. The standard InChI is InChI=1S/C36H26N2S2/c1-5-13-27(14-6-1)37(28-15-7-2-8-16-28)31-21-23-33-35(25-31)39-34-24-22-32(26-36(34)40-33)38(29-17-9-3-10-18-29)30-19-11-4-12-20-30/h1-26H. The van der Waals surface area contributed by atoms with Crippen LogP contribution in [0.25, 0.3) is 0 Å². The van der Waals surface area contributed by atoms with Gasteiger partial charge in [0.25, 0.3) is 0 Å². The van der Waals surface area contributed by atoms with Gasteiger partial charge in [0.15, 0.2) is 0 Å². The molecule has 7 rings (SSSR count). The fraction of sp³-hybridized carbons (Fsp3) is 0. The molecule has 2 nitrogen and oxygen atoms in total. The van der Waals surface area contributed by atoms with E-state index in [1.807, 2.05) is 23.5 Å². The first-order valence-electron chi connectivity index (χ1n) is 13.3. The minimum absolute atomic E-state index is 1.15. The van der Waals surface area contributed by atoms with Crippen LogP contribution in [-0.2, 0) is 0 Å². The highest BCUT2D eigenvalue weighted by molar-refractivity contribution is 8.05. The van der Waals surface area contributed by atoms with E-state index >= 15 is 0 Å². The van der Waals surface area contributed by atoms with E-state index in [2.05, 4.69) is 168 Å². The third-order valence-electron chi connectivity index (χ3n) is 6.87. The zero-order chi connectivity index (χ0) is 26.7. The van der Waals surface area contributed by atoms with Gasteiger partial charge in [-0.25, -0.2) is 0 Å². The zero-order valence-corrected chi connectivity index (χ0v) is 23.4. The number of hydrogen-bond donors (Lipinski definition) is 0. The Morgan fingerprint density at radius 1 is 0.275 bits per heavy atom. The Morgan fingerprint density at radius 3 is 0.875 bits per heavy atom. The fourth-order valence-electron chi connectivity index (χ4n) is 5.04. The molecular weight excluding hydrogens is 525 g/mol. The van der Waals surface area contributed by atoms with Crippen LogP contribution in [0.15, 0.2) is 177 Å². The predicted octanol–water partition coefficient (Wildman–Crippen LogP) is 11.2. The highest BCUT2D eigenvalue weighted by atomic mass is 32.2. The van der Waals surface area contributed by atoms with Crippen LogP contribution < -0.4 is 9.80 Å². The number of rotatable bonds is 6. The maximum atomic E-state index is 2.32. The van der Waals surface area contributed by atoms with Gasteiger partial charge in [-0.1, -0.05) is 96.3 Å². The molecule has 1 aliphatic heterocycles. The van der Waals surface area contributed by atoms with Gasteiger partial charge in [-0.15, -0.1) is 0 Å². The first-order chi connectivity index (χ1) is 19.8. The Balaban J connectivity index is 1.24. The lowest BCUT2D eigenvalue weighted by atomic mass is 10.2. The second-order valence-corrected chi connectivity index (χ2v) is 11.6. The SMILES string of the molecule is c1ccc(N(c2ccccc2)c2ccc3c(c2)Sc2ccc(N(c4ccccc4)c4ccccc4)cc2S3)cc1. The molecule has 6 aromatic carbocycles.